The van der Waals surface area contributed by atoms with Crippen LogP contribution >= 0.6 is 23.2 Å². The first-order valence-corrected chi connectivity index (χ1v) is 6.87. The number of aliphatic carboxylic acids is 1. The van der Waals surface area contributed by atoms with Gasteiger partial charge in [0.1, 0.15) is 15.9 Å². The van der Waals surface area contributed by atoms with E-state index in [0.29, 0.717) is 5.56 Å². The van der Waals surface area contributed by atoms with Gasteiger partial charge in [-0.15, -0.1) is 0 Å². The lowest BCUT2D eigenvalue weighted by atomic mass is 10.1. The number of carboxylic acids is 1. The molecule has 2 N–H and O–H groups in total. The highest BCUT2D eigenvalue weighted by Crippen LogP contribution is 2.26. The van der Waals surface area contributed by atoms with Gasteiger partial charge < -0.3 is 15.2 Å². The summed E-state index contributed by atoms with van der Waals surface area (Å²) in [6.45, 7) is 5.11. The van der Waals surface area contributed by atoms with Crippen LogP contribution in [0.1, 0.15) is 38.8 Å². The zero-order chi connectivity index (χ0) is 16.2. The molecule has 6 nitrogen and oxygen atoms in total. The summed E-state index contributed by atoms with van der Waals surface area (Å²) in [7, 11) is 0. The third-order valence-electron chi connectivity index (χ3n) is 2.29. The number of alkyl carbamates (subject to hydrolysis) is 1. The average molecular weight is 335 g/mol. The molecule has 0 aliphatic heterocycles. The van der Waals surface area contributed by atoms with E-state index >= 15 is 0 Å². The molecule has 0 saturated heterocycles. The summed E-state index contributed by atoms with van der Waals surface area (Å²) in [5, 5.41) is 11.6. The Morgan fingerprint density at radius 3 is 2.48 bits per heavy atom. The van der Waals surface area contributed by atoms with Gasteiger partial charge >= 0.3 is 12.1 Å². The quantitative estimate of drug-likeness (QED) is 0.823. The molecule has 0 saturated carbocycles. The molecule has 0 spiro atoms. The van der Waals surface area contributed by atoms with Crippen molar-refractivity contribution >= 4 is 35.3 Å². The number of pyridine rings is 1. The number of carboxylic acid groups (broad SMARTS) is 1. The molecule has 116 valence electrons. The fraction of sp³-hybridized carbons (Fsp3) is 0.462. The van der Waals surface area contributed by atoms with Gasteiger partial charge in [0, 0.05) is 5.56 Å². The van der Waals surface area contributed by atoms with E-state index in [1.807, 2.05) is 0 Å². The van der Waals surface area contributed by atoms with Crippen molar-refractivity contribution in [2.45, 2.75) is 38.8 Å². The molecule has 0 radical (unpaired) electrons. The molecule has 0 aliphatic carbocycles. The lowest BCUT2D eigenvalue weighted by Crippen LogP contribution is -2.36. The van der Waals surface area contributed by atoms with Gasteiger partial charge in [0.25, 0.3) is 0 Å². The van der Waals surface area contributed by atoms with E-state index in [0.717, 1.165) is 0 Å². The number of nitrogens with one attached hydrogen (secondary N) is 1. The highest BCUT2D eigenvalue weighted by molar-refractivity contribution is 6.32. The van der Waals surface area contributed by atoms with Gasteiger partial charge in [-0.1, -0.05) is 29.3 Å². The number of nitrogens with zero attached hydrogens (tertiary/aromatic N) is 1. The van der Waals surface area contributed by atoms with Crippen LogP contribution in [0.2, 0.25) is 10.3 Å². The molecular formula is C13H16Cl2N2O4. The van der Waals surface area contributed by atoms with Gasteiger partial charge in [-0.05, 0) is 26.8 Å². The number of carbonyl (C=O) groups is 2. The Kier molecular flexibility index (Phi) is 5.80. The molecule has 1 aromatic heterocycles. The topological polar surface area (TPSA) is 88.5 Å². The summed E-state index contributed by atoms with van der Waals surface area (Å²) in [6.07, 6.45) is -1.10. The van der Waals surface area contributed by atoms with Crippen molar-refractivity contribution in [2.75, 3.05) is 0 Å². The smallest absolute Gasteiger partial charge is 0.408 e. The molecule has 0 aromatic carbocycles. The Bertz CT molecular complexity index is 543. The van der Waals surface area contributed by atoms with Gasteiger partial charge in [-0.3, -0.25) is 4.79 Å². The maximum Gasteiger partial charge on any atom is 0.408 e. The minimum absolute atomic E-state index is 0.0322. The van der Waals surface area contributed by atoms with E-state index in [-0.39, 0.29) is 16.7 Å². The molecule has 1 heterocycles. The molecule has 21 heavy (non-hydrogen) atoms. The summed E-state index contributed by atoms with van der Waals surface area (Å²) < 4.78 is 5.10. The van der Waals surface area contributed by atoms with Gasteiger partial charge in [0.05, 0.1) is 12.5 Å². The van der Waals surface area contributed by atoms with Crippen molar-refractivity contribution in [1.29, 1.82) is 0 Å². The molecule has 1 amide bonds. The third kappa shape index (κ3) is 6.18. The predicted octanol–water partition coefficient (Wildman–Crippen LogP) is 3.43. The lowest BCUT2D eigenvalue weighted by molar-refractivity contribution is -0.137. The van der Waals surface area contributed by atoms with Crippen LogP contribution in [0, 0.1) is 0 Å². The molecule has 1 atom stereocenters. The Morgan fingerprint density at radius 2 is 2.00 bits per heavy atom. The van der Waals surface area contributed by atoms with E-state index in [1.165, 1.54) is 12.1 Å². The molecule has 0 fully saturated rings. The lowest BCUT2D eigenvalue weighted by Gasteiger charge is -2.23. The van der Waals surface area contributed by atoms with Crippen LogP contribution in [0.3, 0.4) is 0 Å². The summed E-state index contributed by atoms with van der Waals surface area (Å²) in [4.78, 5) is 26.6. The van der Waals surface area contributed by atoms with Crippen molar-refractivity contribution in [3.8, 4) is 0 Å². The maximum absolute atomic E-state index is 11.8. The number of amides is 1. The molecule has 0 aliphatic rings. The Balaban J connectivity index is 2.95. The van der Waals surface area contributed by atoms with E-state index in [4.69, 9.17) is 33.0 Å². The maximum atomic E-state index is 11.8. The van der Waals surface area contributed by atoms with E-state index in [2.05, 4.69) is 10.3 Å². The van der Waals surface area contributed by atoms with Crippen LogP contribution in [0.15, 0.2) is 12.1 Å². The van der Waals surface area contributed by atoms with Gasteiger partial charge in [-0.25, -0.2) is 9.78 Å². The van der Waals surface area contributed by atoms with E-state index in [9.17, 15) is 9.59 Å². The van der Waals surface area contributed by atoms with Crippen molar-refractivity contribution in [3.63, 3.8) is 0 Å². The Labute approximate surface area is 132 Å². The normalized spacial score (nSPS) is 12.6. The SMILES string of the molecule is CC(C)(C)OC(=O)N[C@H](CC(=O)O)c1ccc(Cl)nc1Cl. The Hall–Kier alpha value is -1.53. The summed E-state index contributed by atoms with van der Waals surface area (Å²) in [6, 6.07) is 2.12. The van der Waals surface area contributed by atoms with Gasteiger partial charge in [-0.2, -0.15) is 0 Å². The third-order valence-corrected chi connectivity index (χ3v) is 2.80. The number of ether oxygens (including phenoxy) is 1. The fourth-order valence-corrected chi connectivity index (χ4v) is 2.02. The second-order valence-electron chi connectivity index (χ2n) is 5.31. The number of hydrogen-bond donors (Lipinski definition) is 2. The number of aromatic nitrogens is 1. The van der Waals surface area contributed by atoms with E-state index in [1.54, 1.807) is 20.8 Å². The highest BCUT2D eigenvalue weighted by Gasteiger charge is 2.24. The van der Waals surface area contributed by atoms with Crippen LogP contribution < -0.4 is 5.32 Å². The summed E-state index contributed by atoms with van der Waals surface area (Å²) in [5.41, 5.74) is -0.339. The van der Waals surface area contributed by atoms with Crippen molar-refractivity contribution in [2.24, 2.45) is 0 Å². The minimum atomic E-state index is -1.10. The van der Waals surface area contributed by atoms with Gasteiger partial charge in [0.15, 0.2) is 0 Å². The van der Waals surface area contributed by atoms with Crippen molar-refractivity contribution < 1.29 is 19.4 Å². The summed E-state index contributed by atoms with van der Waals surface area (Å²) in [5.74, 6) is -1.10. The highest BCUT2D eigenvalue weighted by atomic mass is 35.5. The fourth-order valence-electron chi connectivity index (χ4n) is 1.55. The first-order chi connectivity index (χ1) is 9.58. The minimum Gasteiger partial charge on any atom is -0.481 e. The standard InChI is InChI=1S/C13H16Cl2N2O4/c1-13(2,3)21-12(20)16-8(6-10(18)19)7-4-5-9(14)17-11(7)15/h4-5,8H,6H2,1-3H3,(H,16,20)(H,18,19)/t8-/m1/s1. The van der Waals surface area contributed by atoms with Crippen LogP contribution in [0.25, 0.3) is 0 Å². The van der Waals surface area contributed by atoms with Crippen LogP contribution in [0.5, 0.6) is 0 Å². The Morgan fingerprint density at radius 1 is 1.38 bits per heavy atom. The molecule has 1 aromatic rings. The second-order valence-corrected chi connectivity index (χ2v) is 6.06. The number of halogens is 2. The zero-order valence-electron chi connectivity index (χ0n) is 11.8. The number of hydrogen-bond acceptors (Lipinski definition) is 4. The number of rotatable bonds is 4. The average Bonchev–Trinajstić information content (AvgIpc) is 2.24. The first kappa shape index (κ1) is 17.5. The van der Waals surface area contributed by atoms with Crippen LogP contribution in [-0.4, -0.2) is 27.8 Å². The molecular weight excluding hydrogens is 319 g/mol. The molecule has 1 rings (SSSR count). The molecule has 0 unspecified atom stereocenters. The first-order valence-electron chi connectivity index (χ1n) is 6.12. The van der Waals surface area contributed by atoms with Crippen LogP contribution in [-0.2, 0) is 9.53 Å². The second kappa shape index (κ2) is 6.95. The molecule has 8 heteroatoms. The summed E-state index contributed by atoms with van der Waals surface area (Å²) >= 11 is 11.6. The van der Waals surface area contributed by atoms with Crippen molar-refractivity contribution in [3.05, 3.63) is 28.0 Å². The monoisotopic (exact) mass is 334 g/mol. The largest absolute Gasteiger partial charge is 0.481 e. The molecule has 0 bridgehead atoms. The number of carbonyl (C=O) groups excluding carboxylic acids is 1. The van der Waals surface area contributed by atoms with Crippen LogP contribution in [0.4, 0.5) is 4.79 Å². The zero-order valence-corrected chi connectivity index (χ0v) is 13.3. The van der Waals surface area contributed by atoms with Crippen molar-refractivity contribution in [1.82, 2.24) is 10.3 Å². The van der Waals surface area contributed by atoms with Gasteiger partial charge in [0.2, 0.25) is 0 Å². The van der Waals surface area contributed by atoms with E-state index < -0.39 is 23.7 Å². The predicted molar refractivity (Wildman–Crippen MR) is 78.6 cm³/mol.